The van der Waals surface area contributed by atoms with Crippen molar-refractivity contribution in [1.82, 2.24) is 0 Å². The van der Waals surface area contributed by atoms with Crippen molar-refractivity contribution in [1.29, 1.82) is 0 Å². The van der Waals surface area contributed by atoms with Crippen LogP contribution >= 0.6 is 11.3 Å². The van der Waals surface area contributed by atoms with Crippen molar-refractivity contribution in [2.24, 2.45) is 0 Å². The molecule has 1 saturated heterocycles. The van der Waals surface area contributed by atoms with E-state index in [1.54, 1.807) is 6.07 Å². The number of unbranched alkanes of at least 4 members (excludes halogenated alkanes) is 4. The van der Waals surface area contributed by atoms with E-state index >= 15 is 0 Å². The van der Waals surface area contributed by atoms with Gasteiger partial charge in [0.05, 0.1) is 31.0 Å². The third kappa shape index (κ3) is 10.9. The number of benzene rings is 2. The standard InChI is InChI=1S/C38H53F3O5S/c1-5-9-17-42-26-29-24-34(44-19-11-7-3)37(45-20-12-8-4)36(46-29)31-23-28(22-30-21-27-15-13-14-16-35(27)47-30)32(38(39,40)41)25-33(31)43-18-10-6-2/h13-16,21,23,25,29,34,36-37H,5-12,17-20,22,24,26H2,1-4H3/t29-,34-,36-,37+/m0/s1. The summed E-state index contributed by atoms with van der Waals surface area (Å²) in [4.78, 5) is 0.866. The molecule has 262 valence electrons. The molecule has 1 fully saturated rings. The van der Waals surface area contributed by atoms with Gasteiger partial charge in [0.15, 0.2) is 0 Å². The predicted octanol–water partition coefficient (Wildman–Crippen LogP) is 10.7. The van der Waals surface area contributed by atoms with E-state index in [4.69, 9.17) is 23.7 Å². The van der Waals surface area contributed by atoms with Gasteiger partial charge in [-0.25, -0.2) is 0 Å². The number of alkyl halides is 3. The molecule has 0 unspecified atom stereocenters. The number of halogens is 3. The molecule has 0 bridgehead atoms. The number of hydrogen-bond acceptors (Lipinski definition) is 6. The number of thiophene rings is 1. The lowest BCUT2D eigenvalue weighted by Crippen LogP contribution is -2.48. The molecule has 5 nitrogen and oxygen atoms in total. The van der Waals surface area contributed by atoms with Gasteiger partial charge in [-0.15, -0.1) is 11.3 Å². The summed E-state index contributed by atoms with van der Waals surface area (Å²) in [6.45, 7) is 10.8. The van der Waals surface area contributed by atoms with Crippen molar-refractivity contribution < 1.29 is 36.9 Å². The highest BCUT2D eigenvalue weighted by Crippen LogP contribution is 2.44. The minimum atomic E-state index is -4.56. The van der Waals surface area contributed by atoms with Gasteiger partial charge in [0.25, 0.3) is 0 Å². The van der Waals surface area contributed by atoms with Crippen LogP contribution < -0.4 is 4.74 Å². The summed E-state index contributed by atoms with van der Waals surface area (Å²) in [5, 5.41) is 1.03. The summed E-state index contributed by atoms with van der Waals surface area (Å²) < 4.78 is 77.2. The second-order valence-electron chi connectivity index (χ2n) is 12.5. The van der Waals surface area contributed by atoms with Crippen LogP contribution in [0.2, 0.25) is 0 Å². The predicted molar refractivity (Wildman–Crippen MR) is 184 cm³/mol. The summed E-state index contributed by atoms with van der Waals surface area (Å²) in [7, 11) is 0. The van der Waals surface area contributed by atoms with E-state index in [0.29, 0.717) is 45.0 Å². The Morgan fingerprint density at radius 1 is 0.830 bits per heavy atom. The van der Waals surface area contributed by atoms with E-state index < -0.39 is 23.9 Å². The molecule has 2 heterocycles. The fourth-order valence-electron chi connectivity index (χ4n) is 5.89. The Morgan fingerprint density at radius 3 is 2.21 bits per heavy atom. The van der Waals surface area contributed by atoms with E-state index in [1.165, 1.54) is 17.4 Å². The molecular weight excluding hydrogens is 625 g/mol. The van der Waals surface area contributed by atoms with Crippen LogP contribution in [0.25, 0.3) is 10.1 Å². The van der Waals surface area contributed by atoms with Crippen LogP contribution in [0.4, 0.5) is 13.2 Å². The molecule has 1 aliphatic heterocycles. The molecule has 0 amide bonds. The Bertz CT molecular complexity index is 1310. The molecule has 47 heavy (non-hydrogen) atoms. The van der Waals surface area contributed by atoms with Crippen LogP contribution in [0, 0.1) is 0 Å². The van der Waals surface area contributed by atoms with Gasteiger partial charge in [-0.1, -0.05) is 71.6 Å². The summed E-state index contributed by atoms with van der Waals surface area (Å²) in [5.41, 5.74) is 0.0938. The average Bonchev–Trinajstić information content (AvgIpc) is 3.46. The normalized spacial score (nSPS) is 20.2. The molecule has 0 N–H and O–H groups in total. The summed E-state index contributed by atoms with van der Waals surface area (Å²) in [6, 6.07) is 12.7. The summed E-state index contributed by atoms with van der Waals surface area (Å²) in [6.07, 6.45) is 1.66. The Hall–Kier alpha value is -2.17. The molecule has 3 aromatic rings. The molecule has 0 saturated carbocycles. The molecule has 1 aromatic heterocycles. The highest BCUT2D eigenvalue weighted by molar-refractivity contribution is 7.19. The lowest BCUT2D eigenvalue weighted by molar-refractivity contribution is -0.213. The molecule has 4 rings (SSSR count). The van der Waals surface area contributed by atoms with Gasteiger partial charge < -0.3 is 23.7 Å². The van der Waals surface area contributed by atoms with Crippen molar-refractivity contribution in [3.8, 4) is 5.75 Å². The van der Waals surface area contributed by atoms with E-state index in [0.717, 1.165) is 66.3 Å². The van der Waals surface area contributed by atoms with Crippen LogP contribution in [-0.4, -0.2) is 51.3 Å². The maximum Gasteiger partial charge on any atom is 0.416 e. The van der Waals surface area contributed by atoms with E-state index in [2.05, 4.69) is 20.8 Å². The van der Waals surface area contributed by atoms with Crippen molar-refractivity contribution in [2.45, 2.75) is 122 Å². The van der Waals surface area contributed by atoms with Crippen LogP contribution in [0.3, 0.4) is 0 Å². The van der Waals surface area contributed by atoms with Crippen molar-refractivity contribution in [2.75, 3.05) is 33.0 Å². The number of ether oxygens (including phenoxy) is 5. The topological polar surface area (TPSA) is 46.2 Å². The first-order valence-corrected chi connectivity index (χ1v) is 18.4. The number of fused-ring (bicyclic) bond motifs is 1. The van der Waals surface area contributed by atoms with Gasteiger partial charge in [-0.3, -0.25) is 0 Å². The highest BCUT2D eigenvalue weighted by Gasteiger charge is 2.44. The van der Waals surface area contributed by atoms with Crippen molar-refractivity contribution in [3.63, 3.8) is 0 Å². The number of rotatable bonds is 20. The highest BCUT2D eigenvalue weighted by atomic mass is 32.1. The molecule has 2 aromatic carbocycles. The minimum absolute atomic E-state index is 0.143. The van der Waals surface area contributed by atoms with Gasteiger partial charge in [-0.05, 0) is 60.9 Å². The number of hydrogen-bond donors (Lipinski definition) is 0. The Balaban J connectivity index is 1.80. The third-order valence-electron chi connectivity index (χ3n) is 8.53. The molecule has 0 spiro atoms. The fourth-order valence-corrected chi connectivity index (χ4v) is 6.97. The zero-order valence-corrected chi connectivity index (χ0v) is 29.4. The van der Waals surface area contributed by atoms with Gasteiger partial charge in [0.1, 0.15) is 18.0 Å². The van der Waals surface area contributed by atoms with Crippen molar-refractivity contribution in [3.05, 3.63) is 64.0 Å². The van der Waals surface area contributed by atoms with Gasteiger partial charge in [0, 0.05) is 47.8 Å². The molecule has 0 aliphatic carbocycles. The maximum absolute atomic E-state index is 14.7. The molecule has 0 radical (unpaired) electrons. The molecular formula is C38H53F3O5S. The lowest BCUT2D eigenvalue weighted by atomic mass is 9.89. The Kier molecular flexibility index (Phi) is 15.3. The second-order valence-corrected chi connectivity index (χ2v) is 13.6. The van der Waals surface area contributed by atoms with Crippen molar-refractivity contribution >= 4 is 21.4 Å². The summed E-state index contributed by atoms with van der Waals surface area (Å²) in [5.74, 6) is 0.194. The van der Waals surface area contributed by atoms with E-state index in [-0.39, 0.29) is 29.9 Å². The van der Waals surface area contributed by atoms with Crippen LogP contribution in [-0.2, 0) is 31.5 Å². The Labute approximate surface area is 283 Å². The zero-order valence-electron chi connectivity index (χ0n) is 28.5. The fraction of sp³-hybridized carbons (Fsp3) is 0.632. The second kappa shape index (κ2) is 19.1. The average molecular weight is 679 g/mol. The SMILES string of the molecule is CCCCOC[C@@H]1C[C@H](OCCCC)[C@@H](OCCCC)[C@H](c2cc(Cc3cc4ccccc4s3)c(C(F)(F)F)cc2OCCCC)O1. The zero-order chi connectivity index (χ0) is 33.6. The quantitative estimate of drug-likeness (QED) is 0.111. The lowest BCUT2D eigenvalue weighted by Gasteiger charge is -2.42. The molecule has 4 atom stereocenters. The van der Waals surface area contributed by atoms with Gasteiger partial charge in [0.2, 0.25) is 0 Å². The largest absolute Gasteiger partial charge is 0.493 e. The minimum Gasteiger partial charge on any atom is -0.493 e. The van der Waals surface area contributed by atoms with Gasteiger partial charge in [-0.2, -0.15) is 13.2 Å². The smallest absolute Gasteiger partial charge is 0.416 e. The van der Waals surface area contributed by atoms with Crippen LogP contribution in [0.1, 0.15) is 113 Å². The van der Waals surface area contributed by atoms with E-state index in [1.807, 2.05) is 37.3 Å². The Morgan fingerprint density at radius 2 is 1.51 bits per heavy atom. The molecule has 1 aliphatic rings. The van der Waals surface area contributed by atoms with Crippen LogP contribution in [0.15, 0.2) is 42.5 Å². The monoisotopic (exact) mass is 678 g/mol. The first-order chi connectivity index (χ1) is 22.8. The van der Waals surface area contributed by atoms with E-state index in [9.17, 15) is 13.2 Å². The first-order valence-electron chi connectivity index (χ1n) is 17.6. The molecule has 9 heteroatoms. The van der Waals surface area contributed by atoms with Crippen LogP contribution in [0.5, 0.6) is 5.75 Å². The first kappa shape index (κ1) is 37.6. The summed E-state index contributed by atoms with van der Waals surface area (Å²) >= 11 is 1.52. The third-order valence-corrected chi connectivity index (χ3v) is 9.64. The van der Waals surface area contributed by atoms with Gasteiger partial charge >= 0.3 is 6.18 Å². The maximum atomic E-state index is 14.7.